The predicted molar refractivity (Wildman–Crippen MR) is 96.1 cm³/mol. The zero-order valence-electron chi connectivity index (χ0n) is 13.8. The summed E-state index contributed by atoms with van der Waals surface area (Å²) in [7, 11) is 1.67. The van der Waals surface area contributed by atoms with Crippen LogP contribution in [0.15, 0.2) is 47.8 Å². The van der Waals surface area contributed by atoms with Gasteiger partial charge in [-0.1, -0.05) is 36.4 Å². The lowest BCUT2D eigenvalue weighted by molar-refractivity contribution is -0.122. The van der Waals surface area contributed by atoms with E-state index in [1.807, 2.05) is 29.6 Å². The summed E-state index contributed by atoms with van der Waals surface area (Å²) in [5, 5.41) is 4.99. The van der Waals surface area contributed by atoms with Crippen LogP contribution in [0.5, 0.6) is 0 Å². The average molecular weight is 342 g/mol. The van der Waals surface area contributed by atoms with Gasteiger partial charge >= 0.3 is 0 Å². The number of thiophene rings is 1. The number of nitrogens with one attached hydrogen (secondary N) is 1. The molecule has 0 spiro atoms. The molecule has 2 amide bonds. The van der Waals surface area contributed by atoms with E-state index in [0.29, 0.717) is 10.8 Å². The van der Waals surface area contributed by atoms with Crippen molar-refractivity contribution in [2.45, 2.75) is 25.3 Å². The van der Waals surface area contributed by atoms with Gasteiger partial charge < -0.3 is 10.2 Å². The second kappa shape index (κ2) is 7.62. The number of carbonyl (C=O) groups excluding carboxylic acids is 2. The first kappa shape index (κ1) is 16.7. The minimum absolute atomic E-state index is 0.0877. The van der Waals surface area contributed by atoms with Crippen LogP contribution in [0, 0.1) is 5.92 Å². The van der Waals surface area contributed by atoms with Crippen molar-refractivity contribution >= 4 is 23.2 Å². The molecule has 1 aromatic carbocycles. The molecular formula is C19H22N2O2S. The van der Waals surface area contributed by atoms with Gasteiger partial charge in [0.1, 0.15) is 0 Å². The first-order valence-corrected chi connectivity index (χ1v) is 9.13. The fraction of sp³-hybridized carbons (Fsp3) is 0.368. The third kappa shape index (κ3) is 4.45. The summed E-state index contributed by atoms with van der Waals surface area (Å²) in [5.74, 6) is 0.369. The van der Waals surface area contributed by atoms with Crippen molar-refractivity contribution < 1.29 is 9.59 Å². The van der Waals surface area contributed by atoms with E-state index < -0.39 is 0 Å². The van der Waals surface area contributed by atoms with Crippen LogP contribution in [0.25, 0.3) is 0 Å². The molecule has 126 valence electrons. The monoisotopic (exact) mass is 342 g/mol. The Bertz CT molecular complexity index is 681. The van der Waals surface area contributed by atoms with E-state index in [0.717, 1.165) is 6.42 Å². The molecule has 1 N–H and O–H groups in total. The summed E-state index contributed by atoms with van der Waals surface area (Å²) in [5.41, 5.74) is 1.23. The molecule has 0 bridgehead atoms. The molecule has 1 aliphatic carbocycles. The van der Waals surface area contributed by atoms with Gasteiger partial charge in [-0.05, 0) is 42.2 Å². The third-order valence-corrected chi connectivity index (χ3v) is 5.15. The quantitative estimate of drug-likeness (QED) is 0.841. The van der Waals surface area contributed by atoms with Crippen LogP contribution < -0.4 is 5.32 Å². The molecule has 1 fully saturated rings. The predicted octanol–water partition coefficient (Wildman–Crippen LogP) is 2.96. The van der Waals surface area contributed by atoms with E-state index in [2.05, 4.69) is 17.4 Å². The molecule has 1 saturated carbocycles. The highest BCUT2D eigenvalue weighted by Gasteiger charge is 2.32. The van der Waals surface area contributed by atoms with E-state index in [1.165, 1.54) is 34.6 Å². The summed E-state index contributed by atoms with van der Waals surface area (Å²) in [6.45, 7) is 0.0920. The second-order valence-electron chi connectivity index (χ2n) is 6.34. The van der Waals surface area contributed by atoms with Gasteiger partial charge in [0, 0.05) is 13.1 Å². The van der Waals surface area contributed by atoms with Crippen molar-refractivity contribution in [1.82, 2.24) is 10.2 Å². The molecule has 3 rings (SSSR count). The summed E-state index contributed by atoms with van der Waals surface area (Å²) < 4.78 is 0. The van der Waals surface area contributed by atoms with Crippen LogP contribution >= 0.6 is 11.3 Å². The van der Waals surface area contributed by atoms with Crippen LogP contribution in [0.4, 0.5) is 0 Å². The minimum atomic E-state index is -0.105. The highest BCUT2D eigenvalue weighted by molar-refractivity contribution is 7.12. The van der Waals surface area contributed by atoms with Crippen LogP contribution in [-0.2, 0) is 11.2 Å². The second-order valence-corrected chi connectivity index (χ2v) is 7.29. The topological polar surface area (TPSA) is 49.4 Å². The number of rotatable bonds is 7. The maximum Gasteiger partial charge on any atom is 0.264 e. The first-order chi connectivity index (χ1) is 11.6. The van der Waals surface area contributed by atoms with Gasteiger partial charge in [-0.3, -0.25) is 9.59 Å². The van der Waals surface area contributed by atoms with Crippen molar-refractivity contribution in [3.8, 4) is 0 Å². The molecular weight excluding hydrogens is 320 g/mol. The Kier molecular flexibility index (Phi) is 5.30. The van der Waals surface area contributed by atoms with Crippen LogP contribution in [0.1, 0.15) is 28.1 Å². The van der Waals surface area contributed by atoms with E-state index in [9.17, 15) is 9.59 Å². The zero-order valence-corrected chi connectivity index (χ0v) is 14.6. The summed E-state index contributed by atoms with van der Waals surface area (Å²) >= 11 is 1.39. The number of carbonyl (C=O) groups is 2. The van der Waals surface area contributed by atoms with Crippen molar-refractivity contribution in [1.29, 1.82) is 0 Å². The smallest absolute Gasteiger partial charge is 0.264 e. The van der Waals surface area contributed by atoms with E-state index >= 15 is 0 Å². The van der Waals surface area contributed by atoms with Crippen molar-refractivity contribution in [3.05, 3.63) is 58.3 Å². The third-order valence-electron chi connectivity index (χ3n) is 4.30. The Hall–Kier alpha value is -2.14. The largest absolute Gasteiger partial charge is 0.351 e. The lowest BCUT2D eigenvalue weighted by Crippen LogP contribution is -2.44. The van der Waals surface area contributed by atoms with E-state index in [4.69, 9.17) is 0 Å². The van der Waals surface area contributed by atoms with E-state index in [-0.39, 0.29) is 24.4 Å². The molecule has 0 radical (unpaired) electrons. The molecule has 5 heteroatoms. The van der Waals surface area contributed by atoms with Gasteiger partial charge in [-0.15, -0.1) is 11.3 Å². The molecule has 24 heavy (non-hydrogen) atoms. The number of benzene rings is 1. The Labute approximate surface area is 146 Å². The normalized spacial score (nSPS) is 14.9. The van der Waals surface area contributed by atoms with Crippen molar-refractivity contribution in [2.75, 3.05) is 13.6 Å². The highest BCUT2D eigenvalue weighted by atomic mass is 32.1. The Morgan fingerprint density at radius 2 is 1.96 bits per heavy atom. The molecule has 1 aliphatic rings. The zero-order chi connectivity index (χ0) is 16.9. The van der Waals surface area contributed by atoms with Gasteiger partial charge in [0.05, 0.1) is 11.4 Å². The SMILES string of the molecule is CN(CC(=O)NC(Cc1ccccc1)C1CC1)C(=O)c1cccs1. The lowest BCUT2D eigenvalue weighted by Gasteiger charge is -2.21. The fourth-order valence-corrected chi connectivity index (χ4v) is 3.55. The molecule has 1 aromatic heterocycles. The highest BCUT2D eigenvalue weighted by Crippen LogP contribution is 2.34. The average Bonchev–Trinajstić information content (AvgIpc) is 3.29. The minimum Gasteiger partial charge on any atom is -0.351 e. The van der Waals surface area contributed by atoms with Gasteiger partial charge in [0.2, 0.25) is 5.91 Å². The van der Waals surface area contributed by atoms with Crippen LogP contribution in [0.2, 0.25) is 0 Å². The van der Waals surface area contributed by atoms with Gasteiger partial charge in [0.25, 0.3) is 5.91 Å². The molecule has 1 unspecified atom stereocenters. The lowest BCUT2D eigenvalue weighted by atomic mass is 10.0. The van der Waals surface area contributed by atoms with Gasteiger partial charge in [0.15, 0.2) is 0 Å². The van der Waals surface area contributed by atoms with Gasteiger partial charge in [-0.25, -0.2) is 0 Å². The molecule has 2 aromatic rings. The molecule has 4 nitrogen and oxygen atoms in total. The number of hydrogen-bond donors (Lipinski definition) is 1. The number of hydrogen-bond acceptors (Lipinski definition) is 3. The van der Waals surface area contributed by atoms with Crippen molar-refractivity contribution in [3.63, 3.8) is 0 Å². The van der Waals surface area contributed by atoms with Crippen LogP contribution in [-0.4, -0.2) is 36.3 Å². The fourth-order valence-electron chi connectivity index (χ4n) is 2.83. The molecule has 0 aliphatic heterocycles. The summed E-state index contributed by atoms with van der Waals surface area (Å²) in [6, 6.07) is 14.0. The van der Waals surface area contributed by atoms with Gasteiger partial charge in [-0.2, -0.15) is 0 Å². The summed E-state index contributed by atoms with van der Waals surface area (Å²) in [4.78, 5) is 26.7. The molecule has 1 heterocycles. The number of amides is 2. The molecule has 0 saturated heterocycles. The maximum absolute atomic E-state index is 12.4. The van der Waals surface area contributed by atoms with E-state index in [1.54, 1.807) is 13.1 Å². The Balaban J connectivity index is 1.55. The molecule has 1 atom stereocenters. The first-order valence-electron chi connectivity index (χ1n) is 8.26. The number of likely N-dealkylation sites (N-methyl/N-ethyl adjacent to an activating group) is 1. The van der Waals surface area contributed by atoms with Crippen molar-refractivity contribution in [2.24, 2.45) is 5.92 Å². The van der Waals surface area contributed by atoms with Crippen LogP contribution in [0.3, 0.4) is 0 Å². The Morgan fingerprint density at radius 3 is 2.58 bits per heavy atom. The number of nitrogens with zero attached hydrogens (tertiary/aromatic N) is 1. The maximum atomic E-state index is 12.4. The Morgan fingerprint density at radius 1 is 1.21 bits per heavy atom. The standard InChI is InChI=1S/C19H22N2O2S/c1-21(19(23)17-8-5-11-24-17)13-18(22)20-16(15-9-10-15)12-14-6-3-2-4-7-14/h2-8,11,15-16H,9-10,12-13H2,1H3,(H,20,22). The summed E-state index contributed by atoms with van der Waals surface area (Å²) in [6.07, 6.45) is 3.18.